The van der Waals surface area contributed by atoms with Crippen LogP contribution >= 0.6 is 0 Å². The summed E-state index contributed by atoms with van der Waals surface area (Å²) in [5.41, 5.74) is 2.26. The SMILES string of the molecule is CC(=O)NCCNc1nc(-c2ccc(C(=O)N(C)C)cc2)nc2ccccc12. The van der Waals surface area contributed by atoms with Crippen LogP contribution in [0.4, 0.5) is 5.82 Å². The Hall–Kier alpha value is -3.48. The summed E-state index contributed by atoms with van der Waals surface area (Å²) in [6.07, 6.45) is 0. The molecule has 3 aromatic rings. The molecule has 2 aromatic carbocycles. The molecular formula is C21H23N5O2. The Labute approximate surface area is 163 Å². The average molecular weight is 377 g/mol. The van der Waals surface area contributed by atoms with E-state index in [2.05, 4.69) is 20.6 Å². The van der Waals surface area contributed by atoms with Gasteiger partial charge in [-0.05, 0) is 24.3 Å². The summed E-state index contributed by atoms with van der Waals surface area (Å²) in [6.45, 7) is 2.55. The summed E-state index contributed by atoms with van der Waals surface area (Å²) in [5.74, 6) is 1.16. The van der Waals surface area contributed by atoms with Gasteiger partial charge in [0, 0.05) is 50.6 Å². The van der Waals surface area contributed by atoms with Gasteiger partial charge in [0.2, 0.25) is 5.91 Å². The Balaban J connectivity index is 1.91. The maximum Gasteiger partial charge on any atom is 0.253 e. The molecule has 2 amide bonds. The molecule has 0 radical (unpaired) electrons. The monoisotopic (exact) mass is 377 g/mol. The van der Waals surface area contributed by atoms with Crippen LogP contribution < -0.4 is 10.6 Å². The molecule has 7 heteroatoms. The molecule has 0 spiro atoms. The zero-order chi connectivity index (χ0) is 20.1. The quantitative estimate of drug-likeness (QED) is 0.645. The molecule has 0 saturated carbocycles. The summed E-state index contributed by atoms with van der Waals surface area (Å²) < 4.78 is 0. The van der Waals surface area contributed by atoms with Crippen molar-refractivity contribution in [3.05, 3.63) is 54.1 Å². The van der Waals surface area contributed by atoms with E-state index >= 15 is 0 Å². The molecule has 0 aliphatic heterocycles. The predicted octanol–water partition coefficient (Wildman–Crippen LogP) is 2.55. The van der Waals surface area contributed by atoms with E-state index in [1.807, 2.05) is 36.4 Å². The minimum atomic E-state index is -0.0672. The van der Waals surface area contributed by atoms with Crippen LogP contribution in [0.3, 0.4) is 0 Å². The van der Waals surface area contributed by atoms with Crippen molar-refractivity contribution in [3.8, 4) is 11.4 Å². The summed E-state index contributed by atoms with van der Waals surface area (Å²) >= 11 is 0. The first-order valence-corrected chi connectivity index (χ1v) is 9.03. The van der Waals surface area contributed by atoms with Gasteiger partial charge in [-0.15, -0.1) is 0 Å². The van der Waals surface area contributed by atoms with Crippen molar-refractivity contribution in [2.75, 3.05) is 32.5 Å². The molecule has 0 aliphatic carbocycles. The van der Waals surface area contributed by atoms with Crippen LogP contribution in [0.1, 0.15) is 17.3 Å². The first-order chi connectivity index (χ1) is 13.5. The van der Waals surface area contributed by atoms with E-state index < -0.39 is 0 Å². The Morgan fingerprint density at radius 2 is 1.68 bits per heavy atom. The standard InChI is InChI=1S/C21H23N5O2/c1-14(27)22-12-13-23-20-17-6-4-5-7-18(17)24-19(25-20)15-8-10-16(11-9-15)21(28)26(2)3/h4-11H,12-13H2,1-3H3,(H,22,27)(H,23,24,25). The van der Waals surface area contributed by atoms with E-state index in [0.29, 0.717) is 30.3 Å². The second-order valence-corrected chi connectivity index (χ2v) is 6.60. The topological polar surface area (TPSA) is 87.2 Å². The van der Waals surface area contributed by atoms with Gasteiger partial charge in [-0.3, -0.25) is 9.59 Å². The Kier molecular flexibility index (Phi) is 5.84. The molecule has 144 valence electrons. The first-order valence-electron chi connectivity index (χ1n) is 9.03. The van der Waals surface area contributed by atoms with Crippen LogP contribution in [0.2, 0.25) is 0 Å². The highest BCUT2D eigenvalue weighted by atomic mass is 16.2. The number of hydrogen-bond donors (Lipinski definition) is 2. The van der Waals surface area contributed by atoms with Gasteiger partial charge in [-0.25, -0.2) is 9.97 Å². The molecule has 2 N–H and O–H groups in total. The minimum Gasteiger partial charge on any atom is -0.368 e. The van der Waals surface area contributed by atoms with Gasteiger partial charge in [-0.1, -0.05) is 24.3 Å². The van der Waals surface area contributed by atoms with Crippen molar-refractivity contribution < 1.29 is 9.59 Å². The molecule has 3 rings (SSSR count). The van der Waals surface area contributed by atoms with Crippen molar-refractivity contribution >= 4 is 28.5 Å². The molecule has 0 unspecified atom stereocenters. The van der Waals surface area contributed by atoms with Crippen molar-refractivity contribution in [1.82, 2.24) is 20.2 Å². The number of nitrogens with one attached hydrogen (secondary N) is 2. The number of benzene rings is 2. The molecule has 0 atom stereocenters. The molecule has 28 heavy (non-hydrogen) atoms. The van der Waals surface area contributed by atoms with Crippen LogP contribution in [-0.4, -0.2) is 53.9 Å². The number of nitrogens with zero attached hydrogens (tertiary/aromatic N) is 3. The third-order valence-corrected chi connectivity index (χ3v) is 4.19. The van der Waals surface area contributed by atoms with E-state index in [1.165, 1.54) is 6.92 Å². The number of fused-ring (bicyclic) bond motifs is 1. The van der Waals surface area contributed by atoms with Crippen LogP contribution in [0.25, 0.3) is 22.3 Å². The largest absolute Gasteiger partial charge is 0.368 e. The van der Waals surface area contributed by atoms with E-state index in [4.69, 9.17) is 0 Å². The van der Waals surface area contributed by atoms with Gasteiger partial charge >= 0.3 is 0 Å². The third kappa shape index (κ3) is 4.43. The maximum atomic E-state index is 12.1. The fourth-order valence-electron chi connectivity index (χ4n) is 2.78. The van der Waals surface area contributed by atoms with Crippen molar-refractivity contribution in [2.24, 2.45) is 0 Å². The molecule has 0 fully saturated rings. The highest BCUT2D eigenvalue weighted by Crippen LogP contribution is 2.25. The van der Waals surface area contributed by atoms with E-state index in [9.17, 15) is 9.59 Å². The lowest BCUT2D eigenvalue weighted by Crippen LogP contribution is -2.26. The van der Waals surface area contributed by atoms with E-state index in [0.717, 1.165) is 16.5 Å². The van der Waals surface area contributed by atoms with Gasteiger partial charge < -0.3 is 15.5 Å². The fourth-order valence-corrected chi connectivity index (χ4v) is 2.78. The Bertz CT molecular complexity index is 999. The van der Waals surface area contributed by atoms with Gasteiger partial charge in [0.25, 0.3) is 5.91 Å². The third-order valence-electron chi connectivity index (χ3n) is 4.19. The number of anilines is 1. The van der Waals surface area contributed by atoms with Crippen molar-refractivity contribution in [2.45, 2.75) is 6.92 Å². The second kappa shape index (κ2) is 8.47. The molecule has 7 nitrogen and oxygen atoms in total. The molecule has 1 heterocycles. The Morgan fingerprint density at radius 1 is 0.964 bits per heavy atom. The number of aromatic nitrogens is 2. The predicted molar refractivity (Wildman–Crippen MR) is 110 cm³/mol. The van der Waals surface area contributed by atoms with Gasteiger partial charge in [0.15, 0.2) is 5.82 Å². The first kappa shape index (κ1) is 19.3. The summed E-state index contributed by atoms with van der Waals surface area (Å²) in [6, 6.07) is 15.0. The number of carbonyl (C=O) groups is 2. The van der Waals surface area contributed by atoms with Crippen LogP contribution in [0, 0.1) is 0 Å². The molecule has 0 aliphatic rings. The lowest BCUT2D eigenvalue weighted by Gasteiger charge is -2.12. The van der Waals surface area contributed by atoms with Crippen molar-refractivity contribution in [3.63, 3.8) is 0 Å². The molecule has 1 aromatic heterocycles. The van der Waals surface area contributed by atoms with Crippen LogP contribution in [-0.2, 0) is 4.79 Å². The minimum absolute atomic E-state index is 0.0497. The zero-order valence-electron chi connectivity index (χ0n) is 16.2. The van der Waals surface area contributed by atoms with Gasteiger partial charge in [0.05, 0.1) is 5.52 Å². The summed E-state index contributed by atoms with van der Waals surface area (Å²) in [5, 5.41) is 6.94. The van der Waals surface area contributed by atoms with Crippen LogP contribution in [0.15, 0.2) is 48.5 Å². The normalized spacial score (nSPS) is 10.5. The van der Waals surface area contributed by atoms with Gasteiger partial charge in [0.1, 0.15) is 5.82 Å². The number of para-hydroxylation sites is 1. The number of carbonyl (C=O) groups excluding carboxylic acids is 2. The van der Waals surface area contributed by atoms with E-state index in [1.54, 1.807) is 31.1 Å². The summed E-state index contributed by atoms with van der Waals surface area (Å²) in [7, 11) is 3.45. The maximum absolute atomic E-state index is 12.1. The number of hydrogen-bond acceptors (Lipinski definition) is 5. The fraction of sp³-hybridized carbons (Fsp3) is 0.238. The second-order valence-electron chi connectivity index (χ2n) is 6.60. The molecule has 0 saturated heterocycles. The molecular weight excluding hydrogens is 354 g/mol. The number of rotatable bonds is 6. The Morgan fingerprint density at radius 3 is 2.36 bits per heavy atom. The zero-order valence-corrected chi connectivity index (χ0v) is 16.2. The average Bonchev–Trinajstić information content (AvgIpc) is 2.70. The molecule has 0 bridgehead atoms. The van der Waals surface area contributed by atoms with Crippen LogP contribution in [0.5, 0.6) is 0 Å². The van der Waals surface area contributed by atoms with Gasteiger partial charge in [-0.2, -0.15) is 0 Å². The van der Waals surface area contributed by atoms with E-state index in [-0.39, 0.29) is 11.8 Å². The lowest BCUT2D eigenvalue weighted by atomic mass is 10.1. The summed E-state index contributed by atoms with van der Waals surface area (Å²) in [4.78, 5) is 34.0. The lowest BCUT2D eigenvalue weighted by molar-refractivity contribution is -0.118. The highest BCUT2D eigenvalue weighted by molar-refractivity contribution is 5.94. The number of amides is 2. The highest BCUT2D eigenvalue weighted by Gasteiger charge is 2.11. The van der Waals surface area contributed by atoms with Crippen molar-refractivity contribution in [1.29, 1.82) is 0 Å². The smallest absolute Gasteiger partial charge is 0.253 e.